The lowest BCUT2D eigenvalue weighted by molar-refractivity contribution is 0.477. The Kier molecular flexibility index (Phi) is 6.61. The van der Waals surface area contributed by atoms with E-state index in [0.717, 1.165) is 11.1 Å². The van der Waals surface area contributed by atoms with Gasteiger partial charge in [0.1, 0.15) is 11.6 Å². The maximum Gasteiger partial charge on any atom is 0.149 e. The van der Waals surface area contributed by atoms with Crippen LogP contribution in [0.5, 0.6) is 5.75 Å². The molecule has 65 heavy (non-hydrogen) atoms. The van der Waals surface area contributed by atoms with Crippen LogP contribution < -0.4 is 0 Å². The molecule has 0 aliphatic rings. The molecule has 0 aliphatic carbocycles. The summed E-state index contributed by atoms with van der Waals surface area (Å²) in [6.07, 6.45) is -0.770. The molecule has 324 valence electrons. The minimum atomic E-state index is -3.95. The van der Waals surface area contributed by atoms with Gasteiger partial charge in [-0.2, -0.15) is 0 Å². The first kappa shape index (κ1) is 26.1. The highest BCUT2D eigenvalue weighted by molar-refractivity contribution is 5.98. The van der Waals surface area contributed by atoms with Crippen molar-refractivity contribution in [2.75, 3.05) is 0 Å². The van der Waals surface area contributed by atoms with Crippen LogP contribution >= 0.6 is 0 Å². The number of aromatic hydroxyl groups is 1. The molecule has 2 aromatic heterocycles. The first-order valence-corrected chi connectivity index (χ1v) is 21.2. The number of para-hydroxylation sites is 2. The summed E-state index contributed by atoms with van der Waals surface area (Å²) in [4.78, 5) is 9.69. The number of benzene rings is 7. The summed E-state index contributed by atoms with van der Waals surface area (Å²) in [7, 11) is 0. The van der Waals surface area contributed by atoms with E-state index in [1.807, 2.05) is 104 Å². The zero-order valence-corrected chi connectivity index (χ0v) is 36.9. The molecule has 9 rings (SSSR count). The van der Waals surface area contributed by atoms with Crippen LogP contribution in [0.2, 0.25) is 0 Å². The topological polar surface area (TPSA) is 50.9 Å². The van der Waals surface area contributed by atoms with Crippen LogP contribution in [0.25, 0.3) is 83.9 Å². The summed E-state index contributed by atoms with van der Waals surface area (Å²) < 4.78 is 167. The van der Waals surface area contributed by atoms with Crippen molar-refractivity contribution >= 4 is 11.0 Å². The van der Waals surface area contributed by atoms with E-state index in [0.29, 0.717) is 55.7 Å². The van der Waals surface area contributed by atoms with Crippen LogP contribution in [-0.4, -0.2) is 19.6 Å². The van der Waals surface area contributed by atoms with Crippen LogP contribution in [0.1, 0.15) is 110 Å². The molecule has 0 amide bonds. The zero-order valence-electron chi connectivity index (χ0n) is 55.9. The fourth-order valence-corrected chi connectivity index (χ4v) is 7.99. The second-order valence-corrected chi connectivity index (χ2v) is 18.3. The van der Waals surface area contributed by atoms with Gasteiger partial charge < -0.3 is 5.11 Å². The van der Waals surface area contributed by atoms with Crippen LogP contribution in [-0.2, 0) is 16.2 Å². The normalized spacial score (nSPS) is 17.2. The van der Waals surface area contributed by atoms with E-state index in [1.165, 1.54) is 6.07 Å². The van der Waals surface area contributed by atoms with Crippen LogP contribution in [0.15, 0.2) is 170 Å². The average molecular weight is 869 g/mol. The van der Waals surface area contributed by atoms with Gasteiger partial charge in [0.25, 0.3) is 0 Å². The number of phenolic OH excluding ortho intramolecular Hbond substituents is 1. The standard InChI is InChI=1S/C61H59N3O/c1-39-33-55(52(41-17-12-11-13-18-41)38-51(39)42-25-29-47(30-26-42)60(5,6)7)64-54-21-16-20-49(57(54)63-58(64)50-19-14-15-22-56(50)65)44-34-45(36-48(35-44)61(8,9)10)53-37-43(31-32-62-53)40-23-27-46(28-24-40)59(2,3)4/h11-38,65H,1-10H3/i1D3,2D3,3D3,4D3,23D,24D,27D,28D,31D,32D,37D. The molecule has 0 aliphatic heterocycles. The lowest BCUT2D eigenvalue weighted by atomic mass is 9.83. The van der Waals surface area contributed by atoms with Crippen LogP contribution in [0.4, 0.5) is 0 Å². The monoisotopic (exact) mass is 869 g/mol. The molecule has 2 heterocycles. The maximum absolute atomic E-state index is 11.7. The van der Waals surface area contributed by atoms with Crippen LogP contribution in [0, 0.1) is 6.85 Å². The maximum atomic E-state index is 11.7. The largest absolute Gasteiger partial charge is 0.507 e. The van der Waals surface area contributed by atoms with E-state index >= 15 is 0 Å². The highest BCUT2D eigenvalue weighted by Gasteiger charge is 2.25. The number of hydrogen-bond donors (Lipinski definition) is 1. The summed E-state index contributed by atoms with van der Waals surface area (Å²) in [5, 5.41) is 11.7. The Morgan fingerprint density at radius 3 is 1.89 bits per heavy atom. The number of imidazole rings is 1. The molecular formula is C61H59N3O. The third-order valence-corrected chi connectivity index (χ3v) is 11.6. The number of aryl methyl sites for hydroxylation is 1. The number of pyridine rings is 1. The van der Waals surface area contributed by atoms with Gasteiger partial charge in [-0.3, -0.25) is 9.55 Å². The Morgan fingerprint density at radius 1 is 0.523 bits per heavy atom. The molecule has 0 spiro atoms. The molecule has 4 nitrogen and oxygen atoms in total. The molecule has 0 radical (unpaired) electrons. The van der Waals surface area contributed by atoms with Gasteiger partial charge in [0, 0.05) is 39.3 Å². The second kappa shape index (κ2) is 16.5. The lowest BCUT2D eigenvalue weighted by Crippen LogP contribution is -2.11. The minimum absolute atomic E-state index is 0.0637. The first-order chi connectivity index (χ1) is 38.8. The summed E-state index contributed by atoms with van der Waals surface area (Å²) in [6.45, 7) is -2.36. The van der Waals surface area contributed by atoms with Crippen molar-refractivity contribution in [3.8, 4) is 78.6 Å². The smallest absolute Gasteiger partial charge is 0.149 e. The molecule has 0 unspecified atom stereocenters. The number of hydrogen-bond acceptors (Lipinski definition) is 3. The molecule has 1 N–H and O–H groups in total. The Bertz CT molecular complexity index is 4000. The van der Waals surface area contributed by atoms with E-state index in [4.69, 9.17) is 26.9 Å². The van der Waals surface area contributed by atoms with Gasteiger partial charge in [-0.25, -0.2) is 4.98 Å². The SMILES string of the molecule is [2H]c1nc(-c2cc(-c3cccc4c3nc(-c3ccccc3O)n4-c3cc(C([2H])([2H])[2H])c(-c4ccc(C(C)(C)C)cc4)cc3-c3ccccc3)cc(C(C)(C)C)c2)c([2H])c(-c2c([2H])c([2H])c(C(C([2H])([2H])[2H])(C([2H])([2H])[2H])C([2H])([2H])[2H])c([2H])c2[2H])c1[2H]. The Hall–Kier alpha value is -7.04. The van der Waals surface area contributed by atoms with Gasteiger partial charge in [0.15, 0.2) is 0 Å². The lowest BCUT2D eigenvalue weighted by Gasteiger charge is -2.22. The Balaban J connectivity index is 1.33. The highest BCUT2D eigenvalue weighted by atomic mass is 16.3. The number of rotatable bonds is 7. The highest BCUT2D eigenvalue weighted by Crippen LogP contribution is 2.43. The molecule has 0 bridgehead atoms. The Morgan fingerprint density at radius 2 is 1.20 bits per heavy atom. The second-order valence-electron chi connectivity index (χ2n) is 18.3. The van der Waals surface area contributed by atoms with E-state index in [2.05, 4.69) is 25.8 Å². The fourth-order valence-electron chi connectivity index (χ4n) is 7.99. The van der Waals surface area contributed by atoms with E-state index < -0.39 is 97.4 Å². The third kappa shape index (κ3) is 8.54. The van der Waals surface area contributed by atoms with Crippen molar-refractivity contribution in [1.82, 2.24) is 14.5 Å². The minimum Gasteiger partial charge on any atom is -0.507 e. The van der Waals surface area contributed by atoms with Gasteiger partial charge in [-0.1, -0.05) is 171 Å². The van der Waals surface area contributed by atoms with Crippen molar-refractivity contribution in [3.63, 3.8) is 0 Å². The van der Waals surface area contributed by atoms with E-state index in [-0.39, 0.29) is 33.8 Å². The molecule has 0 saturated heterocycles. The number of nitrogens with zero attached hydrogens (tertiary/aromatic N) is 3. The van der Waals surface area contributed by atoms with E-state index in [9.17, 15) is 9.22 Å². The summed E-state index contributed by atoms with van der Waals surface area (Å²) >= 11 is 0. The van der Waals surface area contributed by atoms with Crippen molar-refractivity contribution in [2.45, 2.75) is 85.2 Å². The van der Waals surface area contributed by atoms with Crippen molar-refractivity contribution in [1.29, 1.82) is 0 Å². The molecule has 0 saturated carbocycles. The Labute approximate surface area is 412 Å². The predicted molar refractivity (Wildman–Crippen MR) is 274 cm³/mol. The van der Waals surface area contributed by atoms with Gasteiger partial charge >= 0.3 is 0 Å². The summed E-state index contributed by atoms with van der Waals surface area (Å²) in [6, 6.07) is 31.8. The van der Waals surface area contributed by atoms with Gasteiger partial charge in [-0.05, 0) is 133 Å². The van der Waals surface area contributed by atoms with Gasteiger partial charge in [0.2, 0.25) is 0 Å². The third-order valence-electron chi connectivity index (χ3n) is 11.6. The quantitative estimate of drug-likeness (QED) is 0.174. The number of aromatic nitrogens is 3. The molecule has 0 fully saturated rings. The predicted octanol–water partition coefficient (Wildman–Crippen LogP) is 16.3. The van der Waals surface area contributed by atoms with Gasteiger partial charge in [0.05, 0.1) is 37.6 Å². The molecule has 7 aromatic carbocycles. The van der Waals surface area contributed by atoms with Crippen molar-refractivity contribution in [2.24, 2.45) is 0 Å². The van der Waals surface area contributed by atoms with Crippen molar-refractivity contribution < 1.29 is 31.2 Å². The summed E-state index contributed by atoms with van der Waals surface area (Å²) in [5.41, 5.74) is -0.658. The zero-order chi connectivity index (χ0) is 61.9. The average Bonchev–Trinajstić information content (AvgIpc) is 0.862. The molecule has 9 aromatic rings. The van der Waals surface area contributed by atoms with E-state index in [1.54, 1.807) is 42.5 Å². The fraction of sp³-hybridized carbons (Fsp3) is 0.213. The van der Waals surface area contributed by atoms with Crippen molar-refractivity contribution in [3.05, 3.63) is 192 Å². The first-order valence-electron chi connectivity index (χ1n) is 30.7. The number of phenols is 1. The van der Waals surface area contributed by atoms with Gasteiger partial charge in [-0.15, -0.1) is 0 Å². The molecular weight excluding hydrogens is 791 g/mol. The number of fused-ring (bicyclic) bond motifs is 1. The molecule has 0 atom stereocenters. The summed E-state index contributed by atoms with van der Waals surface area (Å²) in [5.74, 6) is 0.139. The molecule has 4 heteroatoms. The van der Waals surface area contributed by atoms with Crippen LogP contribution in [0.3, 0.4) is 0 Å².